The van der Waals surface area contributed by atoms with Crippen molar-refractivity contribution in [2.24, 2.45) is 0 Å². The van der Waals surface area contributed by atoms with Crippen LogP contribution in [-0.2, 0) is 6.54 Å². The van der Waals surface area contributed by atoms with E-state index in [-0.39, 0.29) is 0 Å². The molecule has 0 fully saturated rings. The fourth-order valence-corrected chi connectivity index (χ4v) is 2.55. The van der Waals surface area contributed by atoms with E-state index in [4.69, 9.17) is 5.26 Å². The first-order chi connectivity index (χ1) is 9.85. The van der Waals surface area contributed by atoms with Crippen LogP contribution in [0, 0.1) is 11.3 Å². The monoisotopic (exact) mass is 287 g/mol. The van der Waals surface area contributed by atoms with Gasteiger partial charge in [-0.3, -0.25) is 0 Å². The van der Waals surface area contributed by atoms with E-state index in [1.54, 1.807) is 0 Å². The largest absolute Gasteiger partial charge is 0.374 e. The molecule has 0 amide bonds. The number of hydrogen-bond donors (Lipinski definition) is 1. The maximum Gasteiger partial charge on any atom is 0.135 e. The average molecular weight is 287 g/mol. The lowest BCUT2D eigenvalue weighted by molar-refractivity contribution is 0.777. The number of hydrogen-bond acceptors (Lipinski definition) is 6. The molecule has 1 N–H and O–H groups in total. The van der Waals surface area contributed by atoms with Crippen LogP contribution in [0.2, 0.25) is 0 Å². The van der Waals surface area contributed by atoms with Crippen molar-refractivity contribution in [1.82, 2.24) is 9.59 Å². The molecule has 5 nitrogen and oxygen atoms in total. The first-order valence-electron chi connectivity index (χ1n) is 6.57. The zero-order valence-corrected chi connectivity index (χ0v) is 12.2. The Morgan fingerprint density at radius 1 is 1.35 bits per heavy atom. The van der Waals surface area contributed by atoms with Gasteiger partial charge in [-0.1, -0.05) is 22.7 Å². The molecule has 2 rings (SSSR count). The SMILES string of the molecule is CCNc1snnc1CN(CCC#N)c1ccccc1. The second kappa shape index (κ2) is 7.46. The van der Waals surface area contributed by atoms with Gasteiger partial charge in [-0.05, 0) is 19.1 Å². The lowest BCUT2D eigenvalue weighted by Gasteiger charge is -2.23. The molecule has 1 aromatic heterocycles. The molecule has 1 heterocycles. The summed E-state index contributed by atoms with van der Waals surface area (Å²) in [5, 5.41) is 17.3. The molecule has 0 saturated carbocycles. The van der Waals surface area contributed by atoms with Gasteiger partial charge in [0.2, 0.25) is 0 Å². The summed E-state index contributed by atoms with van der Waals surface area (Å²) < 4.78 is 4.01. The second-order valence-corrected chi connectivity index (χ2v) is 5.00. The van der Waals surface area contributed by atoms with Gasteiger partial charge in [0.15, 0.2) is 0 Å². The summed E-state index contributed by atoms with van der Waals surface area (Å²) in [6.45, 7) is 4.24. The van der Waals surface area contributed by atoms with Gasteiger partial charge in [-0.15, -0.1) is 5.10 Å². The molecule has 0 saturated heterocycles. The fraction of sp³-hybridized carbons (Fsp3) is 0.357. The van der Waals surface area contributed by atoms with E-state index in [2.05, 4.69) is 25.9 Å². The number of aromatic nitrogens is 2. The van der Waals surface area contributed by atoms with Crippen LogP contribution in [0.3, 0.4) is 0 Å². The van der Waals surface area contributed by atoms with Crippen LogP contribution in [0.5, 0.6) is 0 Å². The van der Waals surface area contributed by atoms with Crippen LogP contribution in [0.1, 0.15) is 19.0 Å². The van der Waals surface area contributed by atoms with Gasteiger partial charge < -0.3 is 10.2 Å². The Kier molecular flexibility index (Phi) is 5.33. The van der Waals surface area contributed by atoms with E-state index in [1.807, 2.05) is 37.3 Å². The molecule has 0 aliphatic rings. The molecular weight excluding hydrogens is 270 g/mol. The van der Waals surface area contributed by atoms with E-state index in [0.29, 0.717) is 19.5 Å². The molecule has 20 heavy (non-hydrogen) atoms. The maximum absolute atomic E-state index is 8.81. The zero-order chi connectivity index (χ0) is 14.2. The minimum atomic E-state index is 0.489. The summed E-state index contributed by atoms with van der Waals surface area (Å²) in [7, 11) is 0. The van der Waals surface area contributed by atoms with Gasteiger partial charge in [0, 0.05) is 30.3 Å². The van der Waals surface area contributed by atoms with Gasteiger partial charge in [0.1, 0.15) is 10.7 Å². The number of para-hydroxylation sites is 1. The predicted molar refractivity (Wildman–Crippen MR) is 81.8 cm³/mol. The van der Waals surface area contributed by atoms with E-state index in [1.165, 1.54) is 11.5 Å². The van der Waals surface area contributed by atoms with E-state index < -0.39 is 0 Å². The van der Waals surface area contributed by atoms with Crippen LogP contribution in [0.4, 0.5) is 10.7 Å². The summed E-state index contributed by atoms with van der Waals surface area (Å²) >= 11 is 1.37. The van der Waals surface area contributed by atoms with Gasteiger partial charge in [-0.2, -0.15) is 5.26 Å². The zero-order valence-electron chi connectivity index (χ0n) is 11.4. The quantitative estimate of drug-likeness (QED) is 0.848. The number of nitrogens with zero attached hydrogens (tertiary/aromatic N) is 4. The standard InChI is InChI=1S/C14H17N5S/c1-2-16-14-13(17-18-20-14)11-19(10-6-9-15)12-7-4-3-5-8-12/h3-5,7-8,16H,2,6,10-11H2,1H3. The minimum absolute atomic E-state index is 0.489. The summed E-state index contributed by atoms with van der Waals surface area (Å²) in [4.78, 5) is 2.15. The third-order valence-electron chi connectivity index (χ3n) is 2.85. The highest BCUT2D eigenvalue weighted by atomic mass is 32.1. The van der Waals surface area contributed by atoms with Gasteiger partial charge in [0.05, 0.1) is 19.0 Å². The van der Waals surface area contributed by atoms with Crippen LogP contribution in [0.15, 0.2) is 30.3 Å². The topological polar surface area (TPSA) is 64.8 Å². The Balaban J connectivity index is 2.15. The van der Waals surface area contributed by atoms with Crippen molar-refractivity contribution >= 4 is 22.2 Å². The van der Waals surface area contributed by atoms with Crippen molar-refractivity contribution in [3.8, 4) is 6.07 Å². The molecular formula is C14H17N5S. The fourth-order valence-electron chi connectivity index (χ4n) is 1.91. The maximum atomic E-state index is 8.81. The second-order valence-electron chi connectivity index (χ2n) is 4.24. The normalized spacial score (nSPS) is 10.0. The molecule has 2 aromatic rings. The predicted octanol–water partition coefficient (Wildman–Crippen LogP) is 2.89. The third-order valence-corrected chi connectivity index (χ3v) is 3.57. The number of rotatable bonds is 7. The molecule has 104 valence electrons. The molecule has 0 aliphatic carbocycles. The third kappa shape index (κ3) is 3.68. The molecule has 1 aromatic carbocycles. The summed E-state index contributed by atoms with van der Waals surface area (Å²) in [6.07, 6.45) is 0.489. The van der Waals surface area contributed by atoms with Gasteiger partial charge in [0.25, 0.3) is 0 Å². The first-order valence-corrected chi connectivity index (χ1v) is 7.34. The van der Waals surface area contributed by atoms with E-state index in [9.17, 15) is 0 Å². The highest BCUT2D eigenvalue weighted by Crippen LogP contribution is 2.22. The van der Waals surface area contributed by atoms with Crippen molar-refractivity contribution < 1.29 is 0 Å². The van der Waals surface area contributed by atoms with Gasteiger partial charge >= 0.3 is 0 Å². The highest BCUT2D eigenvalue weighted by molar-refractivity contribution is 7.10. The molecule has 6 heteroatoms. The molecule has 0 spiro atoms. The number of benzene rings is 1. The molecule has 0 radical (unpaired) electrons. The molecule has 0 aliphatic heterocycles. The Hall–Kier alpha value is -2.13. The number of anilines is 2. The molecule has 0 unspecified atom stereocenters. The van der Waals surface area contributed by atoms with Crippen molar-refractivity contribution in [3.63, 3.8) is 0 Å². The Morgan fingerprint density at radius 2 is 2.15 bits per heavy atom. The van der Waals surface area contributed by atoms with E-state index >= 15 is 0 Å². The van der Waals surface area contributed by atoms with Crippen molar-refractivity contribution in [2.75, 3.05) is 23.3 Å². The smallest absolute Gasteiger partial charge is 0.135 e. The average Bonchev–Trinajstić information content (AvgIpc) is 2.92. The summed E-state index contributed by atoms with van der Waals surface area (Å²) in [5.74, 6) is 0. The number of nitriles is 1. The molecule has 0 atom stereocenters. The van der Waals surface area contributed by atoms with Gasteiger partial charge in [-0.25, -0.2) is 0 Å². The Morgan fingerprint density at radius 3 is 2.85 bits per heavy atom. The van der Waals surface area contributed by atoms with Crippen molar-refractivity contribution in [1.29, 1.82) is 5.26 Å². The first kappa shape index (κ1) is 14.3. The lowest BCUT2D eigenvalue weighted by Crippen LogP contribution is -2.24. The van der Waals surface area contributed by atoms with Crippen molar-refractivity contribution in [3.05, 3.63) is 36.0 Å². The van der Waals surface area contributed by atoms with Crippen LogP contribution < -0.4 is 10.2 Å². The minimum Gasteiger partial charge on any atom is -0.374 e. The lowest BCUT2D eigenvalue weighted by atomic mass is 10.2. The van der Waals surface area contributed by atoms with Crippen LogP contribution in [-0.4, -0.2) is 22.7 Å². The van der Waals surface area contributed by atoms with Crippen molar-refractivity contribution in [2.45, 2.75) is 19.9 Å². The van der Waals surface area contributed by atoms with Crippen LogP contribution >= 0.6 is 11.5 Å². The van der Waals surface area contributed by atoms with E-state index in [0.717, 1.165) is 22.9 Å². The summed E-state index contributed by atoms with van der Waals surface area (Å²) in [5.41, 5.74) is 2.02. The number of nitrogens with one attached hydrogen (secondary N) is 1. The summed E-state index contributed by atoms with van der Waals surface area (Å²) in [6, 6.07) is 12.3. The Labute approximate surface area is 123 Å². The van der Waals surface area contributed by atoms with Crippen LogP contribution in [0.25, 0.3) is 0 Å². The highest BCUT2D eigenvalue weighted by Gasteiger charge is 2.13. The Bertz CT molecular complexity index is 560. The molecule has 0 bridgehead atoms.